The zero-order chi connectivity index (χ0) is 12.8. The van der Waals surface area contributed by atoms with Crippen LogP contribution in [0.5, 0.6) is 5.75 Å². The lowest BCUT2D eigenvalue weighted by molar-refractivity contribution is 0.136. The van der Waals surface area contributed by atoms with Crippen LogP contribution in [0.15, 0.2) is 30.3 Å². The van der Waals surface area contributed by atoms with Crippen LogP contribution in [0.3, 0.4) is 0 Å². The van der Waals surface area contributed by atoms with Crippen molar-refractivity contribution in [2.45, 2.75) is 32.4 Å². The summed E-state index contributed by atoms with van der Waals surface area (Å²) >= 11 is 0. The average Bonchev–Trinajstić information content (AvgIpc) is 2.40. The highest BCUT2D eigenvalue weighted by Gasteiger charge is 2.21. The van der Waals surface area contributed by atoms with Crippen LogP contribution in [0.2, 0.25) is 0 Å². The Labute approximate surface area is 110 Å². The molecule has 1 aliphatic rings. The molecule has 2 atom stereocenters. The van der Waals surface area contributed by atoms with Crippen LogP contribution in [-0.4, -0.2) is 43.2 Å². The second kappa shape index (κ2) is 6.76. The summed E-state index contributed by atoms with van der Waals surface area (Å²) in [7, 11) is 0. The van der Waals surface area contributed by atoms with Gasteiger partial charge in [-0.3, -0.25) is 4.90 Å². The van der Waals surface area contributed by atoms with Crippen LogP contribution in [0.4, 0.5) is 0 Å². The number of ether oxygens (including phenoxy) is 1. The normalized spacial score (nSPS) is 25.0. The number of nitrogens with one attached hydrogen (secondary N) is 1. The third kappa shape index (κ3) is 4.00. The van der Waals surface area contributed by atoms with E-state index < -0.39 is 0 Å². The highest BCUT2D eigenvalue weighted by Crippen LogP contribution is 2.10. The topological polar surface area (TPSA) is 24.5 Å². The Balaban J connectivity index is 1.66. The SMILES string of the molecule is CC1CN(CCCOc2ccccc2)C(C)CN1. The van der Waals surface area contributed by atoms with E-state index in [1.807, 2.05) is 30.3 Å². The molecule has 1 fully saturated rings. The fourth-order valence-electron chi connectivity index (χ4n) is 2.38. The zero-order valence-corrected chi connectivity index (χ0v) is 11.4. The summed E-state index contributed by atoms with van der Waals surface area (Å²) < 4.78 is 5.72. The molecule has 100 valence electrons. The van der Waals surface area contributed by atoms with Gasteiger partial charge in [0.25, 0.3) is 0 Å². The van der Waals surface area contributed by atoms with Crippen molar-refractivity contribution in [3.8, 4) is 5.75 Å². The third-order valence-electron chi connectivity index (χ3n) is 3.50. The molecule has 3 nitrogen and oxygen atoms in total. The molecule has 1 aromatic carbocycles. The molecule has 0 aliphatic carbocycles. The number of para-hydroxylation sites is 1. The van der Waals surface area contributed by atoms with Crippen molar-refractivity contribution < 1.29 is 4.74 Å². The maximum absolute atomic E-state index is 5.72. The van der Waals surface area contributed by atoms with Crippen molar-refractivity contribution in [2.24, 2.45) is 0 Å². The largest absolute Gasteiger partial charge is 0.494 e. The first kappa shape index (κ1) is 13.4. The van der Waals surface area contributed by atoms with E-state index in [1.54, 1.807) is 0 Å². The molecule has 1 N–H and O–H groups in total. The molecular weight excluding hydrogens is 224 g/mol. The minimum Gasteiger partial charge on any atom is -0.494 e. The Morgan fingerprint density at radius 2 is 2.06 bits per heavy atom. The fourth-order valence-corrected chi connectivity index (χ4v) is 2.38. The van der Waals surface area contributed by atoms with Gasteiger partial charge in [-0.25, -0.2) is 0 Å². The summed E-state index contributed by atoms with van der Waals surface area (Å²) in [5, 5.41) is 3.51. The number of hydrogen-bond donors (Lipinski definition) is 1. The molecule has 1 saturated heterocycles. The Bertz CT molecular complexity index is 342. The van der Waals surface area contributed by atoms with Crippen LogP contribution < -0.4 is 10.1 Å². The quantitative estimate of drug-likeness (QED) is 0.808. The summed E-state index contributed by atoms with van der Waals surface area (Å²) in [6.45, 7) is 8.71. The molecule has 1 heterocycles. The standard InChI is InChI=1S/C15H24N2O/c1-13-12-17(14(2)11-16-13)9-6-10-18-15-7-4-3-5-8-15/h3-5,7-8,13-14,16H,6,9-12H2,1-2H3. The van der Waals surface area contributed by atoms with Crippen molar-refractivity contribution in [1.29, 1.82) is 0 Å². The van der Waals surface area contributed by atoms with Gasteiger partial charge >= 0.3 is 0 Å². The van der Waals surface area contributed by atoms with Crippen LogP contribution >= 0.6 is 0 Å². The maximum atomic E-state index is 5.72. The lowest BCUT2D eigenvalue weighted by atomic mass is 10.1. The molecule has 0 aromatic heterocycles. The summed E-state index contributed by atoms with van der Waals surface area (Å²) in [5.41, 5.74) is 0. The molecular formula is C15H24N2O. The van der Waals surface area contributed by atoms with Crippen LogP contribution in [0.25, 0.3) is 0 Å². The lowest BCUT2D eigenvalue weighted by Crippen LogP contribution is -2.54. The van der Waals surface area contributed by atoms with E-state index in [-0.39, 0.29) is 0 Å². The van der Waals surface area contributed by atoms with Gasteiger partial charge in [-0.05, 0) is 32.4 Å². The molecule has 3 heteroatoms. The summed E-state index contributed by atoms with van der Waals surface area (Å²) in [6, 6.07) is 11.3. The van der Waals surface area contributed by atoms with Crippen molar-refractivity contribution >= 4 is 0 Å². The van der Waals surface area contributed by atoms with Crippen molar-refractivity contribution in [3.63, 3.8) is 0 Å². The molecule has 0 spiro atoms. The fraction of sp³-hybridized carbons (Fsp3) is 0.600. The van der Waals surface area contributed by atoms with Gasteiger partial charge in [0.15, 0.2) is 0 Å². The highest BCUT2D eigenvalue weighted by atomic mass is 16.5. The van der Waals surface area contributed by atoms with Gasteiger partial charge in [-0.1, -0.05) is 18.2 Å². The summed E-state index contributed by atoms with van der Waals surface area (Å²) in [6.07, 6.45) is 1.09. The maximum Gasteiger partial charge on any atom is 0.119 e. The Morgan fingerprint density at radius 3 is 2.83 bits per heavy atom. The van der Waals surface area contributed by atoms with E-state index in [0.29, 0.717) is 12.1 Å². The van der Waals surface area contributed by atoms with Gasteiger partial charge in [-0.2, -0.15) is 0 Å². The van der Waals surface area contributed by atoms with Gasteiger partial charge < -0.3 is 10.1 Å². The predicted octanol–water partition coefficient (Wildman–Crippen LogP) is 2.14. The van der Waals surface area contributed by atoms with E-state index in [2.05, 4.69) is 24.1 Å². The molecule has 2 rings (SSSR count). The van der Waals surface area contributed by atoms with Crippen molar-refractivity contribution in [3.05, 3.63) is 30.3 Å². The van der Waals surface area contributed by atoms with Crippen molar-refractivity contribution in [1.82, 2.24) is 10.2 Å². The van der Waals surface area contributed by atoms with E-state index >= 15 is 0 Å². The minimum absolute atomic E-state index is 0.608. The van der Waals surface area contributed by atoms with E-state index in [9.17, 15) is 0 Å². The first-order valence-corrected chi connectivity index (χ1v) is 6.91. The lowest BCUT2D eigenvalue weighted by Gasteiger charge is -2.37. The average molecular weight is 248 g/mol. The number of benzene rings is 1. The van der Waals surface area contributed by atoms with Crippen LogP contribution in [0.1, 0.15) is 20.3 Å². The van der Waals surface area contributed by atoms with Crippen LogP contribution in [-0.2, 0) is 0 Å². The molecule has 0 radical (unpaired) electrons. The monoisotopic (exact) mass is 248 g/mol. The van der Waals surface area contributed by atoms with Crippen LogP contribution in [0, 0.1) is 0 Å². The van der Waals surface area contributed by atoms with Crippen molar-refractivity contribution in [2.75, 3.05) is 26.2 Å². The molecule has 1 aliphatic heterocycles. The van der Waals surface area contributed by atoms with E-state index in [1.165, 1.54) is 0 Å². The predicted molar refractivity (Wildman–Crippen MR) is 75.1 cm³/mol. The van der Waals surface area contributed by atoms with Gasteiger partial charge in [-0.15, -0.1) is 0 Å². The minimum atomic E-state index is 0.608. The van der Waals surface area contributed by atoms with Gasteiger partial charge in [0.1, 0.15) is 5.75 Å². The molecule has 2 unspecified atom stereocenters. The number of piperazine rings is 1. The molecule has 0 bridgehead atoms. The van der Waals surface area contributed by atoms with Gasteiger partial charge in [0.05, 0.1) is 6.61 Å². The number of hydrogen-bond acceptors (Lipinski definition) is 3. The van der Waals surface area contributed by atoms with Gasteiger partial charge in [0, 0.05) is 31.7 Å². The zero-order valence-electron chi connectivity index (χ0n) is 11.4. The number of rotatable bonds is 5. The first-order valence-electron chi connectivity index (χ1n) is 6.91. The molecule has 0 amide bonds. The van der Waals surface area contributed by atoms with E-state index in [0.717, 1.165) is 38.4 Å². The first-order chi connectivity index (χ1) is 8.75. The Morgan fingerprint density at radius 1 is 1.28 bits per heavy atom. The molecule has 18 heavy (non-hydrogen) atoms. The third-order valence-corrected chi connectivity index (χ3v) is 3.50. The second-order valence-corrected chi connectivity index (χ2v) is 5.17. The number of nitrogens with zero attached hydrogens (tertiary/aromatic N) is 1. The van der Waals surface area contributed by atoms with Gasteiger partial charge in [0.2, 0.25) is 0 Å². The van der Waals surface area contributed by atoms with E-state index in [4.69, 9.17) is 4.74 Å². The Hall–Kier alpha value is -1.06. The second-order valence-electron chi connectivity index (χ2n) is 5.17. The molecule has 1 aromatic rings. The Kier molecular flexibility index (Phi) is 5.02. The summed E-state index contributed by atoms with van der Waals surface area (Å²) in [4.78, 5) is 2.55. The smallest absolute Gasteiger partial charge is 0.119 e. The summed E-state index contributed by atoms with van der Waals surface area (Å²) in [5.74, 6) is 0.972. The molecule has 0 saturated carbocycles. The highest BCUT2D eigenvalue weighted by molar-refractivity contribution is 5.20.